The SMILES string of the molecule is Cc1cc(C)cc(CC2CC(=O)N(c3ccc4c(C(F)(F)F)cc(=O)oc4c3)C2=O)c1. The lowest BCUT2D eigenvalue weighted by Crippen LogP contribution is -2.30. The van der Waals surface area contributed by atoms with E-state index in [4.69, 9.17) is 4.42 Å². The van der Waals surface area contributed by atoms with Gasteiger partial charge in [-0.05, 0) is 38.0 Å². The Morgan fingerprint density at radius 1 is 1.00 bits per heavy atom. The van der Waals surface area contributed by atoms with E-state index in [1.165, 1.54) is 6.07 Å². The average molecular weight is 429 g/mol. The van der Waals surface area contributed by atoms with Gasteiger partial charge in [0.25, 0.3) is 0 Å². The Hall–Kier alpha value is -3.42. The van der Waals surface area contributed by atoms with Gasteiger partial charge in [0.2, 0.25) is 11.8 Å². The molecule has 0 aliphatic carbocycles. The average Bonchev–Trinajstić information content (AvgIpc) is 2.92. The number of rotatable bonds is 3. The lowest BCUT2D eigenvalue weighted by molar-refractivity contribution is -0.136. The fourth-order valence-corrected chi connectivity index (χ4v) is 4.12. The zero-order valence-electron chi connectivity index (χ0n) is 16.7. The first kappa shape index (κ1) is 20.8. The highest BCUT2D eigenvalue weighted by molar-refractivity contribution is 6.21. The van der Waals surface area contributed by atoms with Gasteiger partial charge in [-0.1, -0.05) is 29.3 Å². The van der Waals surface area contributed by atoms with Crippen LogP contribution in [0.25, 0.3) is 11.0 Å². The number of anilines is 1. The molecule has 0 radical (unpaired) electrons. The summed E-state index contributed by atoms with van der Waals surface area (Å²) in [6.07, 6.45) is -4.37. The van der Waals surface area contributed by atoms with Gasteiger partial charge in [0, 0.05) is 23.9 Å². The molecule has 2 aromatic carbocycles. The second kappa shape index (κ2) is 7.37. The summed E-state index contributed by atoms with van der Waals surface area (Å²) >= 11 is 0. The molecule has 8 heteroatoms. The van der Waals surface area contributed by atoms with E-state index in [1.807, 2.05) is 32.0 Å². The number of hydrogen-bond donors (Lipinski definition) is 0. The van der Waals surface area contributed by atoms with Gasteiger partial charge in [-0.25, -0.2) is 4.79 Å². The van der Waals surface area contributed by atoms with Gasteiger partial charge in [0.1, 0.15) is 5.58 Å². The number of imide groups is 1. The molecule has 160 valence electrons. The molecule has 1 atom stereocenters. The molecule has 1 saturated heterocycles. The van der Waals surface area contributed by atoms with Crippen LogP contribution in [-0.4, -0.2) is 11.8 Å². The summed E-state index contributed by atoms with van der Waals surface area (Å²) in [5.41, 5.74) is 0.483. The quantitative estimate of drug-likeness (QED) is 0.453. The molecule has 0 saturated carbocycles. The maximum absolute atomic E-state index is 13.2. The second-order valence-electron chi connectivity index (χ2n) is 7.83. The van der Waals surface area contributed by atoms with Crippen LogP contribution in [0.5, 0.6) is 0 Å². The van der Waals surface area contributed by atoms with E-state index in [0.29, 0.717) is 12.5 Å². The molecule has 2 heterocycles. The van der Waals surface area contributed by atoms with Gasteiger partial charge in [0.05, 0.1) is 17.2 Å². The largest absolute Gasteiger partial charge is 0.423 e. The topological polar surface area (TPSA) is 67.6 Å². The van der Waals surface area contributed by atoms with Crippen molar-refractivity contribution in [2.75, 3.05) is 4.90 Å². The van der Waals surface area contributed by atoms with Crippen molar-refractivity contribution in [3.05, 3.63) is 75.1 Å². The van der Waals surface area contributed by atoms with Crippen molar-refractivity contribution in [3.8, 4) is 0 Å². The second-order valence-corrected chi connectivity index (χ2v) is 7.83. The molecule has 1 unspecified atom stereocenters. The van der Waals surface area contributed by atoms with Crippen molar-refractivity contribution in [1.82, 2.24) is 0 Å². The van der Waals surface area contributed by atoms with Crippen molar-refractivity contribution in [2.24, 2.45) is 5.92 Å². The van der Waals surface area contributed by atoms with E-state index in [-0.39, 0.29) is 23.1 Å². The fraction of sp³-hybridized carbons (Fsp3) is 0.261. The number of aryl methyl sites for hydroxylation is 2. The van der Waals surface area contributed by atoms with E-state index in [9.17, 15) is 27.6 Å². The zero-order chi connectivity index (χ0) is 22.5. The molecule has 3 aromatic rings. The smallest absolute Gasteiger partial charge is 0.417 e. The third-order valence-electron chi connectivity index (χ3n) is 5.30. The third kappa shape index (κ3) is 3.97. The summed E-state index contributed by atoms with van der Waals surface area (Å²) < 4.78 is 44.6. The van der Waals surface area contributed by atoms with Crippen molar-refractivity contribution < 1.29 is 27.2 Å². The first-order valence-electron chi connectivity index (χ1n) is 9.62. The zero-order valence-corrected chi connectivity index (χ0v) is 16.7. The number of halogens is 3. The van der Waals surface area contributed by atoms with E-state index in [0.717, 1.165) is 33.7 Å². The Labute approximate surface area is 175 Å². The van der Waals surface area contributed by atoms with Crippen molar-refractivity contribution in [2.45, 2.75) is 32.9 Å². The maximum atomic E-state index is 13.2. The lowest BCUT2D eigenvalue weighted by Gasteiger charge is -2.16. The number of alkyl halides is 3. The van der Waals surface area contributed by atoms with Gasteiger partial charge in [-0.15, -0.1) is 0 Å². The Morgan fingerprint density at radius 3 is 2.32 bits per heavy atom. The Kier molecular flexibility index (Phi) is 4.95. The predicted molar refractivity (Wildman–Crippen MR) is 108 cm³/mol. The molecule has 1 aliphatic heterocycles. The van der Waals surface area contributed by atoms with Crippen LogP contribution in [0.3, 0.4) is 0 Å². The van der Waals surface area contributed by atoms with E-state index in [2.05, 4.69) is 0 Å². The normalized spacial score (nSPS) is 17.1. The minimum atomic E-state index is -4.74. The highest BCUT2D eigenvalue weighted by atomic mass is 19.4. The molecule has 31 heavy (non-hydrogen) atoms. The first-order chi connectivity index (χ1) is 14.5. The number of benzene rings is 2. The summed E-state index contributed by atoms with van der Waals surface area (Å²) in [7, 11) is 0. The minimum absolute atomic E-state index is 0.00357. The Bertz CT molecular complexity index is 1260. The van der Waals surface area contributed by atoms with Crippen LogP contribution in [0.4, 0.5) is 18.9 Å². The van der Waals surface area contributed by atoms with E-state index < -0.39 is 35.1 Å². The number of hydrogen-bond acceptors (Lipinski definition) is 4. The molecule has 2 amide bonds. The van der Waals surface area contributed by atoms with E-state index in [1.54, 1.807) is 0 Å². The molecule has 0 bridgehead atoms. The molecule has 1 aliphatic rings. The van der Waals surface area contributed by atoms with Crippen LogP contribution >= 0.6 is 0 Å². The molecule has 1 fully saturated rings. The van der Waals surface area contributed by atoms with Gasteiger partial charge >= 0.3 is 11.8 Å². The first-order valence-corrected chi connectivity index (χ1v) is 9.62. The predicted octanol–water partition coefficient (Wildman–Crippen LogP) is 4.55. The van der Waals surface area contributed by atoms with Crippen LogP contribution in [0, 0.1) is 19.8 Å². The molecule has 0 N–H and O–H groups in total. The van der Waals surface area contributed by atoms with Crippen LogP contribution in [-0.2, 0) is 22.2 Å². The number of amides is 2. The highest BCUT2D eigenvalue weighted by Gasteiger charge is 2.40. The van der Waals surface area contributed by atoms with Crippen LogP contribution in [0.2, 0.25) is 0 Å². The summed E-state index contributed by atoms with van der Waals surface area (Å²) in [5.74, 6) is -1.45. The lowest BCUT2D eigenvalue weighted by atomic mass is 9.95. The number of carbonyl (C=O) groups excluding carboxylic acids is 2. The highest BCUT2D eigenvalue weighted by Crippen LogP contribution is 2.36. The van der Waals surface area contributed by atoms with Gasteiger partial charge < -0.3 is 4.42 Å². The fourth-order valence-electron chi connectivity index (χ4n) is 4.12. The van der Waals surface area contributed by atoms with Crippen molar-refractivity contribution >= 4 is 28.5 Å². The summed E-state index contributed by atoms with van der Waals surface area (Å²) in [6.45, 7) is 3.89. The molecular formula is C23H18F3NO4. The van der Waals surface area contributed by atoms with Crippen LogP contribution in [0.1, 0.15) is 28.7 Å². The summed E-state index contributed by atoms with van der Waals surface area (Å²) in [6, 6.07) is 9.79. The summed E-state index contributed by atoms with van der Waals surface area (Å²) in [5, 5.41) is -0.318. The maximum Gasteiger partial charge on any atom is 0.417 e. The molecule has 4 rings (SSSR count). The van der Waals surface area contributed by atoms with E-state index >= 15 is 0 Å². The van der Waals surface area contributed by atoms with Crippen LogP contribution < -0.4 is 10.5 Å². The molecule has 1 aromatic heterocycles. The number of nitrogens with zero attached hydrogens (tertiary/aromatic N) is 1. The standard InChI is InChI=1S/C23H18F3NO4/c1-12-5-13(2)7-14(6-12)8-15-9-20(28)27(22(15)30)16-3-4-17-18(23(24,25)26)11-21(29)31-19(17)10-16/h3-7,10-11,15H,8-9H2,1-2H3. The Morgan fingerprint density at radius 2 is 1.68 bits per heavy atom. The minimum Gasteiger partial charge on any atom is -0.423 e. The Balaban J connectivity index is 1.68. The summed E-state index contributed by atoms with van der Waals surface area (Å²) in [4.78, 5) is 38.1. The molecular weight excluding hydrogens is 411 g/mol. The van der Waals surface area contributed by atoms with Crippen LogP contribution in [0.15, 0.2) is 51.7 Å². The van der Waals surface area contributed by atoms with Crippen molar-refractivity contribution in [1.29, 1.82) is 0 Å². The number of carbonyl (C=O) groups is 2. The molecule has 5 nitrogen and oxygen atoms in total. The van der Waals surface area contributed by atoms with Gasteiger partial charge in [-0.3, -0.25) is 14.5 Å². The van der Waals surface area contributed by atoms with Gasteiger partial charge in [0.15, 0.2) is 0 Å². The van der Waals surface area contributed by atoms with Crippen molar-refractivity contribution in [3.63, 3.8) is 0 Å². The monoisotopic (exact) mass is 429 g/mol. The number of fused-ring (bicyclic) bond motifs is 1. The molecule has 0 spiro atoms. The van der Waals surface area contributed by atoms with Gasteiger partial charge in [-0.2, -0.15) is 13.2 Å². The third-order valence-corrected chi connectivity index (χ3v) is 5.30.